The number of fused-ring (bicyclic) bond motifs is 1. The second-order valence-corrected chi connectivity index (χ2v) is 8.89. The molecule has 0 atom stereocenters. The molecule has 7 nitrogen and oxygen atoms in total. The summed E-state index contributed by atoms with van der Waals surface area (Å²) in [5, 5.41) is 4.71. The zero-order valence-corrected chi connectivity index (χ0v) is 16.2. The monoisotopic (exact) mass is 404 g/mol. The Morgan fingerprint density at radius 2 is 2.04 bits per heavy atom. The molecular formula is C18H17ClN4O3S. The first-order valence-electron chi connectivity index (χ1n) is 8.37. The standard InChI is InChI=1S/C18H17ClN4O3S/c1-27(24,25)18-20-9-13-10-23(7-6-16(13)21-18)11-15-8-17(26-22-15)12-2-4-14(19)5-3-12/h2-5,8-9H,6-7,10-11H2,1H3. The van der Waals surface area contributed by atoms with E-state index < -0.39 is 9.84 Å². The van der Waals surface area contributed by atoms with Crippen molar-refractivity contribution >= 4 is 21.4 Å². The molecular weight excluding hydrogens is 388 g/mol. The number of rotatable bonds is 4. The minimum atomic E-state index is -3.39. The molecule has 2 aromatic heterocycles. The van der Waals surface area contributed by atoms with Crippen LogP contribution in [0.15, 0.2) is 46.2 Å². The molecule has 27 heavy (non-hydrogen) atoms. The van der Waals surface area contributed by atoms with Gasteiger partial charge < -0.3 is 4.52 Å². The van der Waals surface area contributed by atoms with E-state index in [0.29, 0.717) is 30.3 Å². The van der Waals surface area contributed by atoms with Crippen LogP contribution in [0, 0.1) is 0 Å². The number of hydrogen-bond acceptors (Lipinski definition) is 7. The molecule has 0 spiro atoms. The van der Waals surface area contributed by atoms with E-state index in [1.807, 2.05) is 30.3 Å². The zero-order chi connectivity index (χ0) is 19.0. The van der Waals surface area contributed by atoms with E-state index in [9.17, 15) is 8.42 Å². The third-order valence-electron chi connectivity index (χ3n) is 4.40. The van der Waals surface area contributed by atoms with E-state index in [1.165, 1.54) is 0 Å². The lowest BCUT2D eigenvalue weighted by Gasteiger charge is -2.26. The fourth-order valence-electron chi connectivity index (χ4n) is 3.04. The number of halogens is 1. The normalized spacial score (nSPS) is 14.9. The Bertz CT molecular complexity index is 1080. The number of nitrogens with zero attached hydrogens (tertiary/aromatic N) is 4. The molecule has 3 heterocycles. The van der Waals surface area contributed by atoms with Gasteiger partial charge in [0.15, 0.2) is 5.76 Å². The van der Waals surface area contributed by atoms with Crippen molar-refractivity contribution in [1.29, 1.82) is 0 Å². The van der Waals surface area contributed by atoms with Crippen LogP contribution in [0.2, 0.25) is 5.02 Å². The summed E-state index contributed by atoms with van der Waals surface area (Å²) in [4.78, 5) is 10.4. The van der Waals surface area contributed by atoms with Crippen molar-refractivity contribution in [2.75, 3.05) is 12.8 Å². The molecule has 0 N–H and O–H groups in total. The topological polar surface area (TPSA) is 89.2 Å². The SMILES string of the molecule is CS(=O)(=O)c1ncc2c(n1)CCN(Cc1cc(-c3ccc(Cl)cc3)on1)C2. The van der Waals surface area contributed by atoms with Crippen LogP contribution in [0.3, 0.4) is 0 Å². The van der Waals surface area contributed by atoms with Crippen molar-refractivity contribution in [2.45, 2.75) is 24.7 Å². The maximum atomic E-state index is 11.6. The highest BCUT2D eigenvalue weighted by molar-refractivity contribution is 7.90. The van der Waals surface area contributed by atoms with Crippen LogP contribution in [-0.2, 0) is 29.3 Å². The van der Waals surface area contributed by atoms with Crippen LogP contribution in [0.4, 0.5) is 0 Å². The van der Waals surface area contributed by atoms with Crippen molar-refractivity contribution in [3.8, 4) is 11.3 Å². The molecule has 0 aliphatic carbocycles. The zero-order valence-electron chi connectivity index (χ0n) is 14.6. The summed E-state index contributed by atoms with van der Waals surface area (Å²) in [5.74, 6) is 0.695. The summed E-state index contributed by atoms with van der Waals surface area (Å²) in [6.45, 7) is 2.03. The Balaban J connectivity index is 1.47. The molecule has 0 radical (unpaired) electrons. The van der Waals surface area contributed by atoms with Gasteiger partial charge in [-0.25, -0.2) is 18.4 Å². The molecule has 0 amide bonds. The number of sulfone groups is 1. The van der Waals surface area contributed by atoms with Crippen LogP contribution in [0.5, 0.6) is 0 Å². The summed E-state index contributed by atoms with van der Waals surface area (Å²) in [6, 6.07) is 9.32. The smallest absolute Gasteiger partial charge is 0.246 e. The van der Waals surface area contributed by atoms with Crippen LogP contribution >= 0.6 is 11.6 Å². The largest absolute Gasteiger partial charge is 0.356 e. The number of aromatic nitrogens is 3. The van der Waals surface area contributed by atoms with Crippen molar-refractivity contribution < 1.29 is 12.9 Å². The molecule has 0 fully saturated rings. The Kier molecular flexibility index (Phi) is 4.71. The average molecular weight is 405 g/mol. The van der Waals surface area contributed by atoms with Crippen molar-refractivity contribution in [3.05, 3.63) is 58.5 Å². The van der Waals surface area contributed by atoms with E-state index in [4.69, 9.17) is 16.1 Å². The van der Waals surface area contributed by atoms with Crippen LogP contribution in [-0.4, -0.2) is 41.2 Å². The molecule has 140 valence electrons. The molecule has 3 aromatic rings. The number of benzene rings is 1. The quantitative estimate of drug-likeness (QED) is 0.617. The highest BCUT2D eigenvalue weighted by Gasteiger charge is 2.22. The summed E-state index contributed by atoms with van der Waals surface area (Å²) >= 11 is 5.91. The van der Waals surface area contributed by atoms with Crippen molar-refractivity contribution in [1.82, 2.24) is 20.0 Å². The second kappa shape index (κ2) is 7.03. The molecule has 0 saturated heterocycles. The van der Waals surface area contributed by atoms with Gasteiger partial charge in [0, 0.05) is 60.7 Å². The van der Waals surface area contributed by atoms with Gasteiger partial charge in [0.1, 0.15) is 0 Å². The van der Waals surface area contributed by atoms with Crippen LogP contribution < -0.4 is 0 Å². The Hall–Kier alpha value is -2.29. The van der Waals surface area contributed by atoms with Gasteiger partial charge in [-0.05, 0) is 24.3 Å². The summed E-state index contributed by atoms with van der Waals surface area (Å²) < 4.78 is 28.6. The van der Waals surface area contributed by atoms with Gasteiger partial charge in [-0.3, -0.25) is 4.90 Å². The number of hydrogen-bond donors (Lipinski definition) is 0. The molecule has 9 heteroatoms. The maximum Gasteiger partial charge on any atom is 0.246 e. The molecule has 1 aliphatic heterocycles. The average Bonchev–Trinajstić information content (AvgIpc) is 3.09. The Morgan fingerprint density at radius 3 is 2.78 bits per heavy atom. The third kappa shape index (κ3) is 4.02. The molecule has 1 aliphatic rings. The van der Waals surface area contributed by atoms with E-state index in [2.05, 4.69) is 20.0 Å². The highest BCUT2D eigenvalue weighted by Crippen LogP contribution is 2.24. The lowest BCUT2D eigenvalue weighted by molar-refractivity contribution is 0.234. The minimum Gasteiger partial charge on any atom is -0.356 e. The van der Waals surface area contributed by atoms with Gasteiger partial charge in [0.05, 0.1) is 11.4 Å². The molecule has 4 rings (SSSR count). The first-order chi connectivity index (χ1) is 12.9. The fourth-order valence-corrected chi connectivity index (χ4v) is 3.68. The third-order valence-corrected chi connectivity index (χ3v) is 5.51. The summed E-state index contributed by atoms with van der Waals surface area (Å²) in [6.07, 6.45) is 3.39. The molecule has 0 unspecified atom stereocenters. The van der Waals surface area contributed by atoms with E-state index in [-0.39, 0.29) is 5.16 Å². The predicted molar refractivity (Wildman–Crippen MR) is 99.9 cm³/mol. The molecule has 0 bridgehead atoms. The Morgan fingerprint density at radius 1 is 1.26 bits per heavy atom. The first-order valence-corrected chi connectivity index (χ1v) is 10.6. The van der Waals surface area contributed by atoms with Crippen molar-refractivity contribution in [2.24, 2.45) is 0 Å². The molecule has 1 aromatic carbocycles. The summed E-state index contributed by atoms with van der Waals surface area (Å²) in [5.41, 5.74) is 3.49. The highest BCUT2D eigenvalue weighted by atomic mass is 35.5. The van der Waals surface area contributed by atoms with Crippen molar-refractivity contribution in [3.63, 3.8) is 0 Å². The minimum absolute atomic E-state index is 0.112. The van der Waals surface area contributed by atoms with Gasteiger partial charge >= 0.3 is 0 Å². The first kappa shape index (κ1) is 18.1. The van der Waals surface area contributed by atoms with Gasteiger partial charge in [0.2, 0.25) is 15.0 Å². The van der Waals surface area contributed by atoms with Gasteiger partial charge in [-0.2, -0.15) is 0 Å². The van der Waals surface area contributed by atoms with E-state index >= 15 is 0 Å². The fraction of sp³-hybridized carbons (Fsp3) is 0.278. The Labute approximate surface area is 161 Å². The van der Waals surface area contributed by atoms with Gasteiger partial charge in [-0.15, -0.1) is 0 Å². The van der Waals surface area contributed by atoms with Crippen LogP contribution in [0.1, 0.15) is 17.0 Å². The maximum absolute atomic E-state index is 11.6. The lowest BCUT2D eigenvalue weighted by Crippen LogP contribution is -2.31. The summed E-state index contributed by atoms with van der Waals surface area (Å²) in [7, 11) is -3.39. The van der Waals surface area contributed by atoms with Gasteiger partial charge in [-0.1, -0.05) is 16.8 Å². The van der Waals surface area contributed by atoms with Crippen LogP contribution in [0.25, 0.3) is 11.3 Å². The predicted octanol–water partition coefficient (Wildman–Crippen LogP) is 2.75. The van der Waals surface area contributed by atoms with E-state index in [0.717, 1.165) is 35.3 Å². The molecule has 0 saturated carbocycles. The second-order valence-electron chi connectivity index (χ2n) is 6.55. The van der Waals surface area contributed by atoms with E-state index in [1.54, 1.807) is 6.20 Å². The lowest BCUT2D eigenvalue weighted by atomic mass is 10.1. The van der Waals surface area contributed by atoms with Gasteiger partial charge in [0.25, 0.3) is 0 Å².